The summed E-state index contributed by atoms with van der Waals surface area (Å²) in [6, 6.07) is 0. The molecule has 20 heavy (non-hydrogen) atoms. The third-order valence-electron chi connectivity index (χ3n) is 3.77. The first kappa shape index (κ1) is 14.7. The van der Waals surface area contributed by atoms with Crippen LogP contribution in [0.3, 0.4) is 0 Å². The van der Waals surface area contributed by atoms with Crippen molar-refractivity contribution in [2.24, 2.45) is 0 Å². The zero-order valence-corrected chi connectivity index (χ0v) is 12.0. The number of anilines is 1. The Morgan fingerprint density at radius 2 is 2.10 bits per heavy atom. The molecule has 6 nitrogen and oxygen atoms in total. The molecule has 0 aromatic carbocycles. The minimum absolute atomic E-state index is 0.219. The minimum Gasteiger partial charge on any atom is -0.479 e. The van der Waals surface area contributed by atoms with Crippen LogP contribution < -0.4 is 4.90 Å². The number of carbonyl (C=O) groups is 1. The largest absolute Gasteiger partial charge is 0.479 e. The van der Waals surface area contributed by atoms with E-state index in [0.29, 0.717) is 18.9 Å². The zero-order valence-electron chi connectivity index (χ0n) is 12.0. The maximum absolute atomic E-state index is 11.0. The van der Waals surface area contributed by atoms with Crippen LogP contribution in [0, 0.1) is 6.92 Å². The summed E-state index contributed by atoms with van der Waals surface area (Å²) in [5.74, 6) is 0.454. The first-order valence-electron chi connectivity index (χ1n) is 6.99. The molecule has 0 spiro atoms. The van der Waals surface area contributed by atoms with Gasteiger partial charge in [-0.3, -0.25) is 0 Å². The molecule has 110 valence electrons. The van der Waals surface area contributed by atoms with Gasteiger partial charge >= 0.3 is 5.97 Å². The van der Waals surface area contributed by atoms with Gasteiger partial charge in [0.25, 0.3) is 0 Å². The molecular weight excluding hydrogens is 258 g/mol. The molecule has 1 aromatic rings. The SMILES string of the molecule is CCCc1cnc(C)nc1N1CCC(O)(C(=O)O)CC1. The summed E-state index contributed by atoms with van der Waals surface area (Å²) in [5.41, 5.74) is -0.511. The summed E-state index contributed by atoms with van der Waals surface area (Å²) in [6.07, 6.45) is 4.19. The number of piperidine rings is 1. The molecule has 1 aliphatic rings. The molecule has 0 bridgehead atoms. The highest BCUT2D eigenvalue weighted by Crippen LogP contribution is 2.28. The second kappa shape index (κ2) is 5.75. The summed E-state index contributed by atoms with van der Waals surface area (Å²) in [6.45, 7) is 4.94. The summed E-state index contributed by atoms with van der Waals surface area (Å²) in [5, 5.41) is 19.0. The molecule has 0 atom stereocenters. The predicted molar refractivity (Wildman–Crippen MR) is 74.8 cm³/mol. The molecular formula is C14H21N3O3. The Morgan fingerprint density at radius 1 is 1.45 bits per heavy atom. The number of aromatic nitrogens is 2. The first-order valence-corrected chi connectivity index (χ1v) is 6.99. The number of nitrogens with zero attached hydrogens (tertiary/aromatic N) is 3. The highest BCUT2D eigenvalue weighted by atomic mass is 16.4. The Labute approximate surface area is 118 Å². The van der Waals surface area contributed by atoms with E-state index in [1.807, 2.05) is 13.1 Å². The van der Waals surface area contributed by atoms with Crippen LogP contribution in [0.5, 0.6) is 0 Å². The van der Waals surface area contributed by atoms with Crippen LogP contribution in [0.25, 0.3) is 0 Å². The maximum Gasteiger partial charge on any atom is 0.335 e. The lowest BCUT2D eigenvalue weighted by molar-refractivity contribution is -0.160. The highest BCUT2D eigenvalue weighted by Gasteiger charge is 2.39. The van der Waals surface area contributed by atoms with Crippen molar-refractivity contribution in [2.75, 3.05) is 18.0 Å². The summed E-state index contributed by atoms with van der Waals surface area (Å²) in [4.78, 5) is 21.8. The standard InChI is InChI=1S/C14H21N3O3/c1-3-4-11-9-15-10(2)16-12(11)17-7-5-14(20,6-8-17)13(18)19/h9,20H,3-8H2,1-2H3,(H,18,19). The third kappa shape index (κ3) is 2.90. The van der Waals surface area contributed by atoms with Gasteiger partial charge in [0.1, 0.15) is 11.6 Å². The Balaban J connectivity index is 2.18. The van der Waals surface area contributed by atoms with Gasteiger partial charge in [-0.25, -0.2) is 14.8 Å². The molecule has 1 aromatic heterocycles. The second-order valence-corrected chi connectivity index (χ2v) is 5.34. The van der Waals surface area contributed by atoms with Crippen LogP contribution in [-0.2, 0) is 11.2 Å². The smallest absolute Gasteiger partial charge is 0.335 e. The van der Waals surface area contributed by atoms with Crippen molar-refractivity contribution in [2.45, 2.75) is 45.1 Å². The summed E-state index contributed by atoms with van der Waals surface area (Å²) >= 11 is 0. The van der Waals surface area contributed by atoms with Crippen LogP contribution in [0.1, 0.15) is 37.6 Å². The van der Waals surface area contributed by atoms with Crippen molar-refractivity contribution in [1.82, 2.24) is 9.97 Å². The van der Waals surface area contributed by atoms with Crippen LogP contribution in [0.2, 0.25) is 0 Å². The van der Waals surface area contributed by atoms with Crippen molar-refractivity contribution in [3.05, 3.63) is 17.6 Å². The summed E-state index contributed by atoms with van der Waals surface area (Å²) < 4.78 is 0. The average Bonchev–Trinajstić information content (AvgIpc) is 2.42. The van der Waals surface area contributed by atoms with Gasteiger partial charge in [-0.15, -0.1) is 0 Å². The topological polar surface area (TPSA) is 86.5 Å². The van der Waals surface area contributed by atoms with Gasteiger partial charge in [0.05, 0.1) is 0 Å². The van der Waals surface area contributed by atoms with E-state index in [9.17, 15) is 9.90 Å². The van der Waals surface area contributed by atoms with Crippen molar-refractivity contribution in [1.29, 1.82) is 0 Å². The molecule has 2 heterocycles. The number of rotatable bonds is 4. The quantitative estimate of drug-likeness (QED) is 0.860. The molecule has 0 radical (unpaired) electrons. The number of aryl methyl sites for hydroxylation is 2. The van der Waals surface area contributed by atoms with E-state index in [1.165, 1.54) is 0 Å². The number of aliphatic hydroxyl groups is 1. The average molecular weight is 279 g/mol. The van der Waals surface area contributed by atoms with Gasteiger partial charge in [-0.2, -0.15) is 0 Å². The van der Waals surface area contributed by atoms with E-state index in [1.54, 1.807) is 0 Å². The lowest BCUT2D eigenvalue weighted by Crippen LogP contribution is -2.49. The van der Waals surface area contributed by atoms with E-state index in [2.05, 4.69) is 21.8 Å². The first-order chi connectivity index (χ1) is 9.46. The third-order valence-corrected chi connectivity index (χ3v) is 3.77. The van der Waals surface area contributed by atoms with Crippen molar-refractivity contribution >= 4 is 11.8 Å². The Morgan fingerprint density at radius 3 is 2.65 bits per heavy atom. The van der Waals surface area contributed by atoms with E-state index in [-0.39, 0.29) is 12.8 Å². The van der Waals surface area contributed by atoms with E-state index in [0.717, 1.165) is 24.2 Å². The number of carboxylic acids is 1. The van der Waals surface area contributed by atoms with Crippen molar-refractivity contribution < 1.29 is 15.0 Å². The summed E-state index contributed by atoms with van der Waals surface area (Å²) in [7, 11) is 0. The lowest BCUT2D eigenvalue weighted by Gasteiger charge is -2.36. The Kier molecular flexibility index (Phi) is 4.23. The van der Waals surface area contributed by atoms with Gasteiger partial charge in [0.15, 0.2) is 5.60 Å². The molecule has 1 saturated heterocycles. The molecule has 2 rings (SSSR count). The number of aliphatic carboxylic acids is 1. The van der Waals surface area contributed by atoms with E-state index >= 15 is 0 Å². The molecule has 6 heteroatoms. The number of hydrogen-bond acceptors (Lipinski definition) is 5. The monoisotopic (exact) mass is 279 g/mol. The Hall–Kier alpha value is -1.69. The fourth-order valence-electron chi connectivity index (χ4n) is 2.50. The van der Waals surface area contributed by atoms with Crippen LogP contribution >= 0.6 is 0 Å². The highest BCUT2D eigenvalue weighted by molar-refractivity contribution is 5.77. The predicted octanol–water partition coefficient (Wildman–Crippen LogP) is 1.15. The van der Waals surface area contributed by atoms with E-state index in [4.69, 9.17) is 5.11 Å². The molecule has 1 aliphatic heterocycles. The minimum atomic E-state index is -1.59. The fraction of sp³-hybridized carbons (Fsp3) is 0.643. The number of hydrogen-bond donors (Lipinski definition) is 2. The van der Waals surface area contributed by atoms with Gasteiger partial charge < -0.3 is 15.1 Å². The van der Waals surface area contributed by atoms with Crippen molar-refractivity contribution in [3.63, 3.8) is 0 Å². The molecule has 0 amide bonds. The van der Waals surface area contributed by atoms with Crippen LogP contribution in [-0.4, -0.2) is 44.8 Å². The molecule has 1 fully saturated rings. The molecule has 0 unspecified atom stereocenters. The zero-order chi connectivity index (χ0) is 14.8. The second-order valence-electron chi connectivity index (χ2n) is 5.34. The normalized spacial score (nSPS) is 18.1. The fourth-order valence-corrected chi connectivity index (χ4v) is 2.50. The van der Waals surface area contributed by atoms with E-state index < -0.39 is 11.6 Å². The van der Waals surface area contributed by atoms with Gasteiger partial charge in [-0.1, -0.05) is 13.3 Å². The number of carboxylic acid groups (broad SMARTS) is 1. The van der Waals surface area contributed by atoms with Crippen LogP contribution in [0.4, 0.5) is 5.82 Å². The molecule has 0 aliphatic carbocycles. The van der Waals surface area contributed by atoms with Crippen molar-refractivity contribution in [3.8, 4) is 0 Å². The van der Waals surface area contributed by atoms with Gasteiger partial charge in [0, 0.05) is 37.7 Å². The lowest BCUT2D eigenvalue weighted by atomic mass is 9.91. The maximum atomic E-state index is 11.0. The van der Waals surface area contributed by atoms with Gasteiger partial charge in [0.2, 0.25) is 0 Å². The Bertz CT molecular complexity index is 496. The molecule has 2 N–H and O–H groups in total. The van der Waals surface area contributed by atoms with Gasteiger partial charge in [-0.05, 0) is 13.3 Å². The molecule has 0 saturated carbocycles. The van der Waals surface area contributed by atoms with Crippen LogP contribution in [0.15, 0.2) is 6.20 Å².